The predicted octanol–water partition coefficient (Wildman–Crippen LogP) is 5.14. The second kappa shape index (κ2) is 7.94. The van der Waals surface area contributed by atoms with Gasteiger partial charge in [-0.15, -0.1) is 0 Å². The van der Waals surface area contributed by atoms with E-state index in [1.165, 1.54) is 18.5 Å². The van der Waals surface area contributed by atoms with Crippen molar-refractivity contribution in [2.45, 2.75) is 6.04 Å². The first-order valence-electron chi connectivity index (χ1n) is 10.1. The summed E-state index contributed by atoms with van der Waals surface area (Å²) in [7, 11) is 0. The van der Waals surface area contributed by atoms with Crippen LogP contribution in [-0.2, 0) is 9.59 Å². The maximum absolute atomic E-state index is 14.0. The van der Waals surface area contributed by atoms with E-state index in [1.54, 1.807) is 30.3 Å². The second-order valence-corrected chi connectivity index (χ2v) is 7.61. The number of carbonyl (C=O) groups is 2. The summed E-state index contributed by atoms with van der Waals surface area (Å²) < 4.78 is 27.5. The van der Waals surface area contributed by atoms with Crippen LogP contribution in [0.1, 0.15) is 17.2 Å². The summed E-state index contributed by atoms with van der Waals surface area (Å²) in [5, 5.41) is 13.0. The number of Topliss-reactive ketones (excluding diaryl/α,β-unsaturated/α-hetero) is 1. The van der Waals surface area contributed by atoms with Crippen molar-refractivity contribution in [3.05, 3.63) is 114 Å². The molecular weight excluding hydrogens is 426 g/mol. The highest BCUT2D eigenvalue weighted by Gasteiger charge is 2.47. The van der Waals surface area contributed by atoms with Crippen LogP contribution in [0, 0.1) is 11.6 Å². The normalized spacial score (nSPS) is 17.6. The zero-order chi connectivity index (χ0) is 23.1. The first-order chi connectivity index (χ1) is 16.0. The van der Waals surface area contributed by atoms with E-state index in [2.05, 4.69) is 4.98 Å². The molecule has 0 radical (unpaired) electrons. The molecule has 7 heteroatoms. The van der Waals surface area contributed by atoms with E-state index in [-0.39, 0.29) is 17.0 Å². The lowest BCUT2D eigenvalue weighted by molar-refractivity contribution is -0.132. The Kier molecular flexibility index (Phi) is 4.94. The van der Waals surface area contributed by atoms with Gasteiger partial charge in [0.1, 0.15) is 5.76 Å². The maximum atomic E-state index is 14.0. The summed E-state index contributed by atoms with van der Waals surface area (Å²) in [5.74, 6) is -4.47. The van der Waals surface area contributed by atoms with Crippen LogP contribution in [0.5, 0.6) is 0 Å². The third kappa shape index (κ3) is 3.43. The Balaban J connectivity index is 1.73. The summed E-state index contributed by atoms with van der Waals surface area (Å²) in [4.78, 5) is 31.2. The van der Waals surface area contributed by atoms with Crippen molar-refractivity contribution in [1.29, 1.82) is 0 Å². The number of hydrogen-bond acceptors (Lipinski definition) is 4. The molecule has 1 amide bonds. The van der Waals surface area contributed by atoms with E-state index in [9.17, 15) is 23.5 Å². The van der Waals surface area contributed by atoms with Crippen molar-refractivity contribution >= 4 is 33.9 Å². The minimum Gasteiger partial charge on any atom is -0.507 e. The maximum Gasteiger partial charge on any atom is 0.300 e. The van der Waals surface area contributed by atoms with Gasteiger partial charge in [-0.1, -0.05) is 36.4 Å². The van der Waals surface area contributed by atoms with Crippen LogP contribution in [0.4, 0.5) is 14.5 Å². The van der Waals surface area contributed by atoms with Crippen LogP contribution in [0.25, 0.3) is 16.5 Å². The number of benzene rings is 3. The number of aromatic nitrogens is 1. The van der Waals surface area contributed by atoms with Gasteiger partial charge in [0.25, 0.3) is 11.7 Å². The molecule has 1 atom stereocenters. The molecule has 0 aliphatic carbocycles. The first-order valence-corrected chi connectivity index (χ1v) is 10.1. The van der Waals surface area contributed by atoms with Crippen molar-refractivity contribution in [2.75, 3.05) is 4.90 Å². The molecule has 1 aromatic heterocycles. The van der Waals surface area contributed by atoms with Crippen molar-refractivity contribution < 1.29 is 23.5 Å². The Labute approximate surface area is 187 Å². The summed E-state index contributed by atoms with van der Waals surface area (Å²) in [6.45, 7) is 0. The Morgan fingerprint density at radius 3 is 2.30 bits per heavy atom. The van der Waals surface area contributed by atoms with Crippen LogP contribution in [0.3, 0.4) is 0 Å². The molecule has 1 fully saturated rings. The molecule has 2 heterocycles. The zero-order valence-electron chi connectivity index (χ0n) is 17.1. The Hall–Kier alpha value is -4.39. The minimum absolute atomic E-state index is 0.00428. The van der Waals surface area contributed by atoms with Crippen LogP contribution in [-0.4, -0.2) is 21.8 Å². The monoisotopic (exact) mass is 442 g/mol. The van der Waals surface area contributed by atoms with Gasteiger partial charge < -0.3 is 5.11 Å². The fourth-order valence-electron chi connectivity index (χ4n) is 4.09. The highest BCUT2D eigenvalue weighted by Crippen LogP contribution is 2.42. The molecular formula is C26H16F2N2O3. The minimum atomic E-state index is -1.16. The van der Waals surface area contributed by atoms with E-state index in [4.69, 9.17) is 0 Å². The number of aliphatic hydroxyl groups is 1. The van der Waals surface area contributed by atoms with Crippen molar-refractivity contribution in [2.24, 2.45) is 0 Å². The third-order valence-electron chi connectivity index (χ3n) is 5.67. The third-order valence-corrected chi connectivity index (χ3v) is 5.67. The van der Waals surface area contributed by atoms with Crippen molar-refractivity contribution in [3.8, 4) is 0 Å². The molecule has 5 rings (SSSR count). The number of pyridine rings is 1. The molecule has 1 unspecified atom stereocenters. The summed E-state index contributed by atoms with van der Waals surface area (Å²) in [6.07, 6.45) is 2.97. The van der Waals surface area contributed by atoms with Gasteiger partial charge in [-0.25, -0.2) is 8.78 Å². The lowest BCUT2D eigenvalue weighted by Gasteiger charge is -2.25. The van der Waals surface area contributed by atoms with Gasteiger partial charge in [-0.2, -0.15) is 0 Å². The van der Waals surface area contributed by atoms with E-state index < -0.39 is 29.4 Å². The predicted molar refractivity (Wildman–Crippen MR) is 119 cm³/mol. The van der Waals surface area contributed by atoms with Gasteiger partial charge in [0, 0.05) is 29.7 Å². The van der Waals surface area contributed by atoms with E-state index in [0.29, 0.717) is 11.1 Å². The van der Waals surface area contributed by atoms with E-state index in [1.807, 2.05) is 24.3 Å². The van der Waals surface area contributed by atoms with Crippen LogP contribution in [0.2, 0.25) is 0 Å². The number of nitrogens with zero attached hydrogens (tertiary/aromatic N) is 2. The van der Waals surface area contributed by atoms with E-state index >= 15 is 0 Å². The molecule has 33 heavy (non-hydrogen) atoms. The van der Waals surface area contributed by atoms with Gasteiger partial charge in [0.05, 0.1) is 11.6 Å². The fraction of sp³-hybridized carbons (Fsp3) is 0.0385. The number of carbonyl (C=O) groups excluding carboxylic acids is 2. The molecule has 0 spiro atoms. The summed E-state index contributed by atoms with van der Waals surface area (Å²) >= 11 is 0. The molecule has 0 saturated carbocycles. The van der Waals surface area contributed by atoms with Crippen LogP contribution < -0.4 is 4.90 Å². The van der Waals surface area contributed by atoms with Gasteiger partial charge in [-0.05, 0) is 46.7 Å². The van der Waals surface area contributed by atoms with Gasteiger partial charge in [0.15, 0.2) is 11.6 Å². The van der Waals surface area contributed by atoms with Crippen LogP contribution in [0.15, 0.2) is 90.8 Å². The second-order valence-electron chi connectivity index (χ2n) is 7.61. The van der Waals surface area contributed by atoms with Crippen molar-refractivity contribution in [1.82, 2.24) is 4.98 Å². The smallest absolute Gasteiger partial charge is 0.300 e. The first kappa shape index (κ1) is 20.5. The average Bonchev–Trinajstić information content (AvgIpc) is 3.11. The number of hydrogen-bond donors (Lipinski definition) is 1. The molecule has 4 aromatic rings. The molecule has 1 N–H and O–H groups in total. The van der Waals surface area contributed by atoms with Crippen molar-refractivity contribution in [3.63, 3.8) is 0 Å². The van der Waals surface area contributed by atoms with Gasteiger partial charge in [0.2, 0.25) is 0 Å². The number of amides is 1. The molecule has 0 bridgehead atoms. The lowest BCUT2D eigenvalue weighted by atomic mass is 9.95. The van der Waals surface area contributed by atoms with Gasteiger partial charge >= 0.3 is 0 Å². The van der Waals surface area contributed by atoms with Crippen LogP contribution >= 0.6 is 0 Å². The lowest BCUT2D eigenvalue weighted by Crippen LogP contribution is -2.29. The average molecular weight is 442 g/mol. The number of aliphatic hydroxyl groups excluding tert-OH is 1. The summed E-state index contributed by atoms with van der Waals surface area (Å²) in [6, 6.07) is 17.8. The molecule has 3 aromatic carbocycles. The SMILES string of the molecule is O=C1C(=O)N(c2ccc(F)c(F)c2)C(c2ccncc2)/C1=C(/O)c1ccc2ccccc2c1. The number of halogens is 2. The molecule has 1 aliphatic rings. The Morgan fingerprint density at radius 2 is 1.58 bits per heavy atom. The fourth-order valence-corrected chi connectivity index (χ4v) is 4.09. The number of fused-ring (bicyclic) bond motifs is 1. The number of ketones is 1. The quantitative estimate of drug-likeness (QED) is 0.271. The molecule has 1 saturated heterocycles. The highest BCUT2D eigenvalue weighted by molar-refractivity contribution is 6.51. The number of anilines is 1. The zero-order valence-corrected chi connectivity index (χ0v) is 17.1. The van der Waals surface area contributed by atoms with E-state index in [0.717, 1.165) is 27.8 Å². The molecule has 5 nitrogen and oxygen atoms in total. The summed E-state index contributed by atoms with van der Waals surface area (Å²) in [5.41, 5.74) is 0.689. The Morgan fingerprint density at radius 1 is 0.848 bits per heavy atom. The van der Waals surface area contributed by atoms with Gasteiger partial charge in [-0.3, -0.25) is 19.5 Å². The standard InChI is InChI=1S/C26H16F2N2O3/c27-20-8-7-19(14-21(20)28)30-23(16-9-11-29-12-10-16)22(25(32)26(30)33)24(31)18-6-5-15-3-1-2-4-17(15)13-18/h1-14,23,31H/b24-22-. The molecule has 162 valence electrons. The number of rotatable bonds is 3. The highest BCUT2D eigenvalue weighted by atomic mass is 19.2. The topological polar surface area (TPSA) is 70.5 Å². The molecule has 1 aliphatic heterocycles. The largest absolute Gasteiger partial charge is 0.507 e. The Bertz CT molecular complexity index is 1450.